The molecule has 0 bridgehead atoms. The number of fused-ring (bicyclic) bond motifs is 1. The maximum atomic E-state index is 10.8. The van der Waals surface area contributed by atoms with Crippen LogP contribution in [0.4, 0.5) is 0 Å². The van der Waals surface area contributed by atoms with Crippen LogP contribution in [0.25, 0.3) is 10.4 Å². The summed E-state index contributed by atoms with van der Waals surface area (Å²) >= 11 is 0. The molecule has 0 aliphatic heterocycles. The quantitative estimate of drug-likeness (QED) is 0.500. The van der Waals surface area contributed by atoms with E-state index in [1.165, 1.54) is 24.0 Å². The van der Waals surface area contributed by atoms with Gasteiger partial charge in [-0.3, -0.25) is 4.79 Å². The fourth-order valence-corrected chi connectivity index (χ4v) is 2.41. The Hall–Kier alpha value is -2.00. The van der Waals surface area contributed by atoms with Gasteiger partial charge in [0.2, 0.25) is 0 Å². The molecule has 1 aliphatic rings. The molecule has 0 heterocycles. The molecular weight excluding hydrogens is 230 g/mol. The number of carboxylic acids is 1. The van der Waals surface area contributed by atoms with Crippen LogP contribution in [0.15, 0.2) is 23.3 Å². The van der Waals surface area contributed by atoms with E-state index in [1.54, 1.807) is 0 Å². The third-order valence-electron chi connectivity index (χ3n) is 3.32. The fraction of sp³-hybridized carbons (Fsp3) is 0.462. The summed E-state index contributed by atoms with van der Waals surface area (Å²) in [5.41, 5.74) is 11.9. The van der Waals surface area contributed by atoms with E-state index in [2.05, 4.69) is 10.0 Å². The zero-order chi connectivity index (χ0) is 13.0. The number of hydrogen-bond acceptors (Lipinski definition) is 2. The second-order valence-electron chi connectivity index (χ2n) is 4.55. The molecule has 5 heteroatoms. The molecule has 0 spiro atoms. The second-order valence-corrected chi connectivity index (χ2v) is 4.55. The third-order valence-corrected chi connectivity index (χ3v) is 3.32. The Morgan fingerprint density at radius 1 is 1.39 bits per heavy atom. The molecule has 1 unspecified atom stereocenters. The Morgan fingerprint density at radius 3 is 2.78 bits per heavy atom. The van der Waals surface area contributed by atoms with Gasteiger partial charge in [0.05, 0.1) is 12.5 Å². The van der Waals surface area contributed by atoms with Crippen molar-refractivity contribution in [3.8, 4) is 0 Å². The molecule has 2 rings (SSSR count). The van der Waals surface area contributed by atoms with E-state index in [4.69, 9.17) is 10.6 Å². The van der Waals surface area contributed by atoms with Crippen LogP contribution in [0.1, 0.15) is 42.0 Å². The molecule has 1 aliphatic carbocycles. The molecule has 0 saturated carbocycles. The van der Waals surface area contributed by atoms with E-state index in [1.807, 2.05) is 18.2 Å². The molecular formula is C13H15N3O2. The zero-order valence-corrected chi connectivity index (χ0v) is 10.0. The number of carboxylic acid groups (broad SMARTS) is 1. The molecule has 0 radical (unpaired) electrons. The van der Waals surface area contributed by atoms with Gasteiger partial charge in [0.15, 0.2) is 0 Å². The lowest BCUT2D eigenvalue weighted by atomic mass is 9.89. The largest absolute Gasteiger partial charge is 0.481 e. The van der Waals surface area contributed by atoms with E-state index in [-0.39, 0.29) is 6.42 Å². The minimum absolute atomic E-state index is 0.164. The van der Waals surface area contributed by atoms with Crippen molar-refractivity contribution in [3.05, 3.63) is 45.3 Å². The molecule has 0 aromatic heterocycles. The normalized spacial score (nSPS) is 15.3. The molecule has 0 amide bonds. The summed E-state index contributed by atoms with van der Waals surface area (Å²) in [6, 6.07) is 5.30. The summed E-state index contributed by atoms with van der Waals surface area (Å²) in [4.78, 5) is 13.5. The maximum Gasteiger partial charge on any atom is 0.304 e. The standard InChI is InChI=1S/C13H15N3O2/c14-16-15-12(8-13(17)18)11-6-5-9-3-1-2-4-10(9)7-11/h5-7,12H,1-4,8H2,(H,17,18). The molecule has 1 aromatic rings. The smallest absolute Gasteiger partial charge is 0.304 e. The highest BCUT2D eigenvalue weighted by Crippen LogP contribution is 2.28. The fourth-order valence-electron chi connectivity index (χ4n) is 2.41. The first-order valence-electron chi connectivity index (χ1n) is 6.08. The summed E-state index contributed by atoms with van der Waals surface area (Å²) in [6.45, 7) is 0. The van der Waals surface area contributed by atoms with Crippen molar-refractivity contribution in [3.63, 3.8) is 0 Å². The van der Waals surface area contributed by atoms with Crippen molar-refractivity contribution >= 4 is 5.97 Å². The van der Waals surface area contributed by atoms with Gasteiger partial charge in [0.25, 0.3) is 0 Å². The summed E-state index contributed by atoms with van der Waals surface area (Å²) in [5, 5.41) is 12.4. The highest BCUT2D eigenvalue weighted by atomic mass is 16.4. The minimum atomic E-state index is -0.954. The van der Waals surface area contributed by atoms with Gasteiger partial charge in [-0.05, 0) is 47.9 Å². The van der Waals surface area contributed by atoms with Crippen LogP contribution < -0.4 is 0 Å². The summed E-state index contributed by atoms with van der Waals surface area (Å²) in [6.07, 6.45) is 4.33. The van der Waals surface area contributed by atoms with Crippen molar-refractivity contribution in [1.29, 1.82) is 0 Å². The Morgan fingerprint density at radius 2 is 2.11 bits per heavy atom. The van der Waals surface area contributed by atoms with Gasteiger partial charge in [-0.2, -0.15) is 0 Å². The molecule has 1 atom stereocenters. The van der Waals surface area contributed by atoms with Crippen LogP contribution in [0.5, 0.6) is 0 Å². The van der Waals surface area contributed by atoms with Gasteiger partial charge in [0, 0.05) is 4.91 Å². The van der Waals surface area contributed by atoms with Crippen molar-refractivity contribution < 1.29 is 9.90 Å². The number of hydrogen-bond donors (Lipinski definition) is 1. The van der Waals surface area contributed by atoms with Gasteiger partial charge in [-0.15, -0.1) is 0 Å². The van der Waals surface area contributed by atoms with Gasteiger partial charge in [0.1, 0.15) is 0 Å². The lowest BCUT2D eigenvalue weighted by molar-refractivity contribution is -0.137. The summed E-state index contributed by atoms with van der Waals surface area (Å²) in [5.74, 6) is -0.954. The first kappa shape index (κ1) is 12.5. The van der Waals surface area contributed by atoms with E-state index < -0.39 is 12.0 Å². The Kier molecular flexibility index (Phi) is 3.85. The molecule has 0 fully saturated rings. The SMILES string of the molecule is [N-]=[N+]=NC(CC(=O)O)c1ccc2c(c1)CCCC2. The Labute approximate surface area is 105 Å². The number of benzene rings is 1. The van der Waals surface area contributed by atoms with Crippen LogP contribution in [-0.4, -0.2) is 11.1 Å². The topological polar surface area (TPSA) is 86.1 Å². The zero-order valence-electron chi connectivity index (χ0n) is 10.0. The molecule has 94 valence electrons. The van der Waals surface area contributed by atoms with Gasteiger partial charge in [-0.25, -0.2) is 0 Å². The highest BCUT2D eigenvalue weighted by molar-refractivity contribution is 5.68. The van der Waals surface area contributed by atoms with Crippen molar-refractivity contribution in [1.82, 2.24) is 0 Å². The molecule has 1 aromatic carbocycles. The van der Waals surface area contributed by atoms with Gasteiger partial charge >= 0.3 is 5.97 Å². The summed E-state index contributed by atoms with van der Waals surface area (Å²) in [7, 11) is 0. The average Bonchev–Trinajstić information content (AvgIpc) is 2.37. The van der Waals surface area contributed by atoms with E-state index in [0.717, 1.165) is 18.4 Å². The average molecular weight is 245 g/mol. The number of aliphatic carboxylic acids is 1. The van der Waals surface area contributed by atoms with Crippen molar-refractivity contribution in [2.45, 2.75) is 38.1 Å². The number of azide groups is 1. The molecule has 0 saturated heterocycles. The number of rotatable bonds is 4. The number of nitrogens with zero attached hydrogens (tertiary/aromatic N) is 3. The van der Waals surface area contributed by atoms with Crippen LogP contribution in [0, 0.1) is 0 Å². The minimum Gasteiger partial charge on any atom is -0.481 e. The lowest BCUT2D eigenvalue weighted by Crippen LogP contribution is -2.07. The number of aryl methyl sites for hydroxylation is 2. The first-order valence-corrected chi connectivity index (χ1v) is 6.08. The predicted molar refractivity (Wildman–Crippen MR) is 67.2 cm³/mol. The Balaban J connectivity index is 2.29. The van der Waals surface area contributed by atoms with E-state index in [9.17, 15) is 4.79 Å². The lowest BCUT2D eigenvalue weighted by Gasteiger charge is -2.18. The van der Waals surface area contributed by atoms with Crippen LogP contribution in [0.3, 0.4) is 0 Å². The molecule has 5 nitrogen and oxygen atoms in total. The Bertz CT molecular complexity index is 507. The number of carbonyl (C=O) groups is 1. The predicted octanol–water partition coefficient (Wildman–Crippen LogP) is 3.39. The van der Waals surface area contributed by atoms with Crippen molar-refractivity contribution in [2.75, 3.05) is 0 Å². The van der Waals surface area contributed by atoms with Gasteiger partial charge < -0.3 is 5.11 Å². The second kappa shape index (κ2) is 5.56. The molecule has 18 heavy (non-hydrogen) atoms. The molecule has 1 N–H and O–H groups in total. The monoisotopic (exact) mass is 245 g/mol. The van der Waals surface area contributed by atoms with Crippen LogP contribution in [-0.2, 0) is 17.6 Å². The summed E-state index contributed by atoms with van der Waals surface area (Å²) < 4.78 is 0. The van der Waals surface area contributed by atoms with Crippen molar-refractivity contribution in [2.24, 2.45) is 5.11 Å². The maximum absolute atomic E-state index is 10.8. The third kappa shape index (κ3) is 2.81. The first-order chi connectivity index (χ1) is 8.70. The van der Waals surface area contributed by atoms with Gasteiger partial charge in [-0.1, -0.05) is 23.3 Å². The highest BCUT2D eigenvalue weighted by Gasteiger charge is 2.16. The van der Waals surface area contributed by atoms with Crippen LogP contribution >= 0.6 is 0 Å². The van der Waals surface area contributed by atoms with E-state index in [0.29, 0.717) is 0 Å². The van der Waals surface area contributed by atoms with E-state index >= 15 is 0 Å². The van der Waals surface area contributed by atoms with Crippen LogP contribution in [0.2, 0.25) is 0 Å².